The minimum atomic E-state index is -0.676. The van der Waals surface area contributed by atoms with Gasteiger partial charge in [0.2, 0.25) is 0 Å². The summed E-state index contributed by atoms with van der Waals surface area (Å²) in [5.41, 5.74) is 0.628. The van der Waals surface area contributed by atoms with Crippen LogP contribution in [0, 0.1) is 0 Å². The van der Waals surface area contributed by atoms with Crippen LogP contribution in [0.4, 0.5) is 4.79 Å². The highest BCUT2D eigenvalue weighted by Gasteiger charge is 2.49. The van der Waals surface area contributed by atoms with Gasteiger partial charge in [0.1, 0.15) is 11.2 Å². The maximum absolute atomic E-state index is 12.4. The van der Waals surface area contributed by atoms with Gasteiger partial charge >= 0.3 is 6.09 Å². The molecule has 0 spiro atoms. The number of benzene rings is 2. The second-order valence-electron chi connectivity index (χ2n) is 7.87. The quantitative estimate of drug-likeness (QED) is 0.557. The van der Waals surface area contributed by atoms with E-state index < -0.39 is 11.2 Å². The lowest BCUT2D eigenvalue weighted by molar-refractivity contribution is -0.153. The highest BCUT2D eigenvalue weighted by atomic mass is 35.5. The number of carbonyl (C=O) groups excluding carboxylic acids is 1. The van der Waals surface area contributed by atoms with Crippen molar-refractivity contribution in [2.45, 2.75) is 38.6 Å². The van der Waals surface area contributed by atoms with Gasteiger partial charge in [-0.25, -0.2) is 4.79 Å². The van der Waals surface area contributed by atoms with Crippen LogP contribution in [0.1, 0.15) is 31.9 Å². The van der Waals surface area contributed by atoms with Crippen LogP contribution >= 0.6 is 34.8 Å². The van der Waals surface area contributed by atoms with Crippen LogP contribution in [0.25, 0.3) is 0 Å². The SMILES string of the molecule is CC(C)(C)OC(=O)N1CC(OCc2ccc(Cl)cc2)(c2ccc(Cl)c(Cl)c2)C1. The van der Waals surface area contributed by atoms with Crippen LogP contribution in [-0.4, -0.2) is 29.7 Å². The number of rotatable bonds is 4. The Labute approximate surface area is 180 Å². The average molecular weight is 443 g/mol. The Morgan fingerprint density at radius 3 is 2.25 bits per heavy atom. The fourth-order valence-electron chi connectivity index (χ4n) is 2.96. The van der Waals surface area contributed by atoms with Crippen LogP contribution in [0.15, 0.2) is 42.5 Å². The molecule has 1 amide bonds. The van der Waals surface area contributed by atoms with E-state index >= 15 is 0 Å². The van der Waals surface area contributed by atoms with Crippen LogP contribution in [0.2, 0.25) is 15.1 Å². The molecule has 2 aromatic carbocycles. The number of amides is 1. The Bertz CT molecular complexity index is 856. The van der Waals surface area contributed by atoms with E-state index in [1.165, 1.54) is 0 Å². The fraction of sp³-hybridized carbons (Fsp3) is 0.381. The van der Waals surface area contributed by atoms with Crippen molar-refractivity contribution < 1.29 is 14.3 Å². The van der Waals surface area contributed by atoms with E-state index in [1.54, 1.807) is 17.0 Å². The molecule has 28 heavy (non-hydrogen) atoms. The summed E-state index contributed by atoms with van der Waals surface area (Å²) in [5.74, 6) is 0. The van der Waals surface area contributed by atoms with Gasteiger partial charge in [-0.15, -0.1) is 0 Å². The largest absolute Gasteiger partial charge is 0.444 e. The Hall–Kier alpha value is -1.46. The molecule has 0 saturated carbocycles. The minimum Gasteiger partial charge on any atom is -0.444 e. The van der Waals surface area contributed by atoms with Gasteiger partial charge in [-0.3, -0.25) is 0 Å². The predicted octanol–water partition coefficient (Wildman–Crippen LogP) is 6.31. The zero-order valence-corrected chi connectivity index (χ0v) is 18.2. The summed E-state index contributed by atoms with van der Waals surface area (Å²) in [4.78, 5) is 14.0. The molecule has 0 unspecified atom stereocenters. The maximum atomic E-state index is 12.4. The number of halogens is 3. The van der Waals surface area contributed by atoms with E-state index in [1.807, 2.05) is 51.1 Å². The first-order valence-electron chi connectivity index (χ1n) is 8.90. The van der Waals surface area contributed by atoms with Crippen molar-refractivity contribution in [1.82, 2.24) is 4.90 Å². The molecule has 3 rings (SSSR count). The van der Waals surface area contributed by atoms with Gasteiger partial charge in [-0.1, -0.05) is 53.0 Å². The van der Waals surface area contributed by atoms with E-state index in [0.717, 1.165) is 11.1 Å². The molecule has 1 fully saturated rings. The van der Waals surface area contributed by atoms with Crippen LogP contribution < -0.4 is 0 Å². The third-order valence-corrected chi connectivity index (χ3v) is 5.41. The highest BCUT2D eigenvalue weighted by molar-refractivity contribution is 6.42. The molecular weight excluding hydrogens is 421 g/mol. The number of nitrogens with zero attached hydrogens (tertiary/aromatic N) is 1. The van der Waals surface area contributed by atoms with E-state index in [0.29, 0.717) is 34.8 Å². The Morgan fingerprint density at radius 2 is 1.68 bits per heavy atom. The lowest BCUT2D eigenvalue weighted by Crippen LogP contribution is -2.63. The molecule has 150 valence electrons. The fourth-order valence-corrected chi connectivity index (χ4v) is 3.39. The summed E-state index contributed by atoms with van der Waals surface area (Å²) >= 11 is 18.2. The van der Waals surface area contributed by atoms with Gasteiger partial charge in [-0.05, 0) is 56.2 Å². The Morgan fingerprint density at radius 1 is 1.04 bits per heavy atom. The van der Waals surface area contributed by atoms with Crippen molar-refractivity contribution in [3.8, 4) is 0 Å². The van der Waals surface area contributed by atoms with E-state index in [-0.39, 0.29) is 6.09 Å². The molecule has 1 heterocycles. The normalized spacial score (nSPS) is 15.9. The average Bonchev–Trinajstić information content (AvgIpc) is 2.56. The minimum absolute atomic E-state index is 0.363. The smallest absolute Gasteiger partial charge is 0.410 e. The van der Waals surface area contributed by atoms with Crippen molar-refractivity contribution in [3.05, 3.63) is 68.7 Å². The second kappa shape index (κ2) is 8.11. The molecule has 0 bridgehead atoms. The summed E-state index contributed by atoms with van der Waals surface area (Å²) in [7, 11) is 0. The molecule has 1 aliphatic rings. The molecule has 1 aliphatic heterocycles. The first-order valence-corrected chi connectivity index (χ1v) is 10.0. The molecule has 0 aromatic heterocycles. The zero-order chi connectivity index (χ0) is 20.5. The van der Waals surface area contributed by atoms with Crippen LogP contribution in [-0.2, 0) is 21.7 Å². The van der Waals surface area contributed by atoms with Gasteiger partial charge in [0.05, 0.1) is 29.7 Å². The third-order valence-electron chi connectivity index (χ3n) is 4.42. The van der Waals surface area contributed by atoms with Gasteiger partial charge < -0.3 is 14.4 Å². The zero-order valence-electron chi connectivity index (χ0n) is 16.0. The number of carbonyl (C=O) groups is 1. The van der Waals surface area contributed by atoms with Gasteiger partial charge in [0, 0.05) is 5.02 Å². The Kier molecular flexibility index (Phi) is 6.16. The number of ether oxygens (including phenoxy) is 2. The standard InChI is InChI=1S/C21H22Cl3NO3/c1-20(2,3)28-19(26)25-12-21(13-25,15-6-9-17(23)18(24)10-15)27-11-14-4-7-16(22)8-5-14/h4-10H,11-13H2,1-3H3. The van der Waals surface area contributed by atoms with Crippen molar-refractivity contribution >= 4 is 40.9 Å². The van der Waals surface area contributed by atoms with E-state index in [4.69, 9.17) is 44.3 Å². The molecule has 0 aliphatic carbocycles. The number of likely N-dealkylation sites (tertiary alicyclic amines) is 1. The third kappa shape index (κ3) is 4.93. The topological polar surface area (TPSA) is 38.8 Å². The summed E-state index contributed by atoms with van der Waals surface area (Å²) in [6.45, 7) is 6.64. The molecular formula is C21H22Cl3NO3. The van der Waals surface area contributed by atoms with Crippen LogP contribution in [0.3, 0.4) is 0 Å². The highest BCUT2D eigenvalue weighted by Crippen LogP contribution is 2.39. The molecule has 2 aromatic rings. The molecule has 0 atom stereocenters. The van der Waals surface area contributed by atoms with E-state index in [2.05, 4.69) is 0 Å². The van der Waals surface area contributed by atoms with E-state index in [9.17, 15) is 4.79 Å². The lowest BCUT2D eigenvalue weighted by Gasteiger charge is -2.49. The first-order chi connectivity index (χ1) is 13.1. The number of hydrogen-bond donors (Lipinski definition) is 0. The number of hydrogen-bond acceptors (Lipinski definition) is 3. The molecule has 1 saturated heterocycles. The summed E-state index contributed by atoms with van der Waals surface area (Å²) in [6.07, 6.45) is -0.363. The molecule has 4 nitrogen and oxygen atoms in total. The predicted molar refractivity (Wildman–Crippen MR) is 112 cm³/mol. The second-order valence-corrected chi connectivity index (χ2v) is 9.13. The van der Waals surface area contributed by atoms with Crippen molar-refractivity contribution in [3.63, 3.8) is 0 Å². The summed E-state index contributed by atoms with van der Waals surface area (Å²) in [5, 5.41) is 1.59. The van der Waals surface area contributed by atoms with Crippen molar-refractivity contribution in [2.75, 3.05) is 13.1 Å². The summed E-state index contributed by atoms with van der Waals surface area (Å²) in [6, 6.07) is 12.9. The first kappa shape index (κ1) is 21.3. The monoisotopic (exact) mass is 441 g/mol. The summed E-state index contributed by atoms with van der Waals surface area (Å²) < 4.78 is 11.7. The Balaban J connectivity index is 1.78. The van der Waals surface area contributed by atoms with Crippen LogP contribution in [0.5, 0.6) is 0 Å². The van der Waals surface area contributed by atoms with Gasteiger partial charge in [-0.2, -0.15) is 0 Å². The lowest BCUT2D eigenvalue weighted by atomic mass is 9.86. The molecule has 0 N–H and O–H groups in total. The maximum Gasteiger partial charge on any atom is 0.410 e. The van der Waals surface area contributed by atoms with Crippen molar-refractivity contribution in [1.29, 1.82) is 0 Å². The van der Waals surface area contributed by atoms with Gasteiger partial charge in [0.15, 0.2) is 0 Å². The molecule has 7 heteroatoms. The van der Waals surface area contributed by atoms with Gasteiger partial charge in [0.25, 0.3) is 0 Å². The van der Waals surface area contributed by atoms with Crippen molar-refractivity contribution in [2.24, 2.45) is 0 Å². The molecule has 0 radical (unpaired) electrons.